The van der Waals surface area contributed by atoms with Gasteiger partial charge in [-0.1, -0.05) is 24.3 Å². The Labute approximate surface area is 176 Å². The van der Waals surface area contributed by atoms with Crippen LogP contribution in [0.2, 0.25) is 0 Å². The average molecular weight is 416 g/mol. The molecule has 5 rings (SSSR count). The number of methoxy groups -OCH3 is 2. The monoisotopic (exact) mass is 416 g/mol. The van der Waals surface area contributed by atoms with E-state index in [1.165, 1.54) is 11.8 Å². The van der Waals surface area contributed by atoms with Gasteiger partial charge in [0.2, 0.25) is 5.12 Å². The number of benzene rings is 3. The number of esters is 1. The second-order valence-corrected chi connectivity index (χ2v) is 7.85. The van der Waals surface area contributed by atoms with Gasteiger partial charge in [-0.2, -0.15) is 0 Å². The van der Waals surface area contributed by atoms with Crippen LogP contribution in [0.3, 0.4) is 0 Å². The van der Waals surface area contributed by atoms with Crippen LogP contribution in [0.4, 0.5) is 0 Å². The SMILES string of the molecule is COc1ccc(C2=c3cc4c(cc3OC2=O)=C(c2ccc(OC)cc2)C(=O)S4)cc1. The van der Waals surface area contributed by atoms with Crippen molar-refractivity contribution in [2.24, 2.45) is 0 Å². The van der Waals surface area contributed by atoms with Crippen LogP contribution < -0.4 is 24.6 Å². The molecule has 2 aliphatic rings. The second kappa shape index (κ2) is 7.07. The van der Waals surface area contributed by atoms with Gasteiger partial charge in [-0.3, -0.25) is 4.79 Å². The lowest BCUT2D eigenvalue weighted by molar-refractivity contribution is -0.127. The Kier molecular flexibility index (Phi) is 4.37. The van der Waals surface area contributed by atoms with E-state index in [-0.39, 0.29) is 5.12 Å². The van der Waals surface area contributed by atoms with E-state index in [0.717, 1.165) is 27.0 Å². The van der Waals surface area contributed by atoms with E-state index in [2.05, 4.69) is 0 Å². The minimum Gasteiger partial charge on any atom is -0.497 e. The van der Waals surface area contributed by atoms with E-state index < -0.39 is 5.97 Å². The molecule has 0 spiro atoms. The molecule has 2 heterocycles. The van der Waals surface area contributed by atoms with Gasteiger partial charge in [0.1, 0.15) is 17.2 Å². The second-order valence-electron chi connectivity index (χ2n) is 6.83. The normalized spacial score (nSPS) is 14.5. The van der Waals surface area contributed by atoms with Gasteiger partial charge < -0.3 is 14.2 Å². The van der Waals surface area contributed by atoms with Gasteiger partial charge in [0.05, 0.1) is 19.8 Å². The highest BCUT2D eigenvalue weighted by Crippen LogP contribution is 2.33. The summed E-state index contributed by atoms with van der Waals surface area (Å²) in [4.78, 5) is 26.2. The number of fused-ring (bicyclic) bond motifs is 2. The number of carbonyl (C=O) groups is 2. The number of ether oxygens (including phenoxy) is 3. The minimum absolute atomic E-state index is 0.0313. The maximum atomic E-state index is 12.8. The lowest BCUT2D eigenvalue weighted by Gasteiger charge is -2.03. The summed E-state index contributed by atoms with van der Waals surface area (Å²) in [7, 11) is 3.19. The van der Waals surface area contributed by atoms with E-state index in [1.54, 1.807) is 32.4 Å². The van der Waals surface area contributed by atoms with E-state index in [4.69, 9.17) is 14.2 Å². The van der Waals surface area contributed by atoms with Gasteiger partial charge in [-0.15, -0.1) is 0 Å². The highest BCUT2D eigenvalue weighted by atomic mass is 32.2. The van der Waals surface area contributed by atoms with E-state index >= 15 is 0 Å². The number of thioether (sulfide) groups is 1. The number of carbonyl (C=O) groups excluding carboxylic acids is 2. The zero-order valence-electron chi connectivity index (χ0n) is 16.2. The summed E-state index contributed by atoms with van der Waals surface area (Å²) in [5, 5.41) is 1.44. The summed E-state index contributed by atoms with van der Waals surface area (Å²) < 4.78 is 15.9. The number of rotatable bonds is 4. The first kappa shape index (κ1) is 18.5. The van der Waals surface area contributed by atoms with Crippen LogP contribution in [-0.4, -0.2) is 25.3 Å². The van der Waals surface area contributed by atoms with Gasteiger partial charge in [0.25, 0.3) is 0 Å². The minimum atomic E-state index is -0.402. The van der Waals surface area contributed by atoms with E-state index in [0.29, 0.717) is 27.9 Å². The van der Waals surface area contributed by atoms with Crippen molar-refractivity contribution in [3.05, 3.63) is 82.2 Å². The summed E-state index contributed by atoms with van der Waals surface area (Å²) in [5.41, 5.74) is 2.64. The molecule has 0 aromatic heterocycles. The Hall–Kier alpha value is -3.51. The fourth-order valence-corrected chi connectivity index (χ4v) is 4.68. The van der Waals surface area contributed by atoms with Gasteiger partial charge in [-0.25, -0.2) is 4.79 Å². The Bertz CT molecular complexity index is 1220. The number of hydrogen-bond donors (Lipinski definition) is 0. The molecule has 30 heavy (non-hydrogen) atoms. The van der Waals surface area contributed by atoms with Gasteiger partial charge in [0, 0.05) is 20.9 Å². The van der Waals surface area contributed by atoms with Crippen LogP contribution in [0.1, 0.15) is 11.1 Å². The van der Waals surface area contributed by atoms with Crippen molar-refractivity contribution < 1.29 is 23.8 Å². The zero-order chi connectivity index (χ0) is 20.8. The molecule has 0 unspecified atom stereocenters. The van der Waals surface area contributed by atoms with Gasteiger partial charge in [0.15, 0.2) is 0 Å². The van der Waals surface area contributed by atoms with Crippen LogP contribution in [0.5, 0.6) is 17.2 Å². The van der Waals surface area contributed by atoms with Crippen LogP contribution in [0, 0.1) is 0 Å². The van der Waals surface area contributed by atoms with Crippen LogP contribution >= 0.6 is 11.8 Å². The molecule has 0 bridgehead atoms. The van der Waals surface area contributed by atoms with E-state index in [1.807, 2.05) is 42.5 Å². The summed E-state index contributed by atoms with van der Waals surface area (Å²) in [5.74, 6) is 1.49. The molecule has 0 aliphatic carbocycles. The largest absolute Gasteiger partial charge is 0.497 e. The smallest absolute Gasteiger partial charge is 0.344 e. The summed E-state index contributed by atoms with van der Waals surface area (Å²) in [6.07, 6.45) is 0. The Morgan fingerprint density at radius 3 is 1.87 bits per heavy atom. The first-order chi connectivity index (χ1) is 14.6. The molecule has 0 N–H and O–H groups in total. The maximum absolute atomic E-state index is 12.8. The molecule has 3 aromatic carbocycles. The summed E-state index contributed by atoms with van der Waals surface area (Å²) >= 11 is 1.17. The Morgan fingerprint density at radius 2 is 1.30 bits per heavy atom. The van der Waals surface area contributed by atoms with Crippen molar-refractivity contribution >= 4 is 34.0 Å². The highest BCUT2D eigenvalue weighted by molar-refractivity contribution is 8.15. The third-order valence-corrected chi connectivity index (χ3v) is 6.14. The van der Waals surface area contributed by atoms with Crippen molar-refractivity contribution in [1.82, 2.24) is 0 Å². The van der Waals surface area contributed by atoms with Crippen molar-refractivity contribution in [2.75, 3.05) is 14.2 Å². The molecule has 0 fully saturated rings. The molecule has 148 valence electrons. The third kappa shape index (κ3) is 2.88. The molecular weight excluding hydrogens is 400 g/mol. The van der Waals surface area contributed by atoms with Crippen molar-refractivity contribution in [3.8, 4) is 17.2 Å². The Morgan fingerprint density at radius 1 is 0.733 bits per heavy atom. The predicted octanol–water partition coefficient (Wildman–Crippen LogP) is 2.65. The lowest BCUT2D eigenvalue weighted by atomic mass is 10.0. The summed E-state index contributed by atoms with van der Waals surface area (Å²) in [6.45, 7) is 0. The molecule has 5 nitrogen and oxygen atoms in total. The quantitative estimate of drug-likeness (QED) is 0.481. The maximum Gasteiger partial charge on any atom is 0.344 e. The number of hydrogen-bond acceptors (Lipinski definition) is 6. The molecule has 0 saturated heterocycles. The van der Waals surface area contributed by atoms with Crippen molar-refractivity contribution in [1.29, 1.82) is 0 Å². The van der Waals surface area contributed by atoms with Crippen LogP contribution in [-0.2, 0) is 9.59 Å². The van der Waals surface area contributed by atoms with Gasteiger partial charge >= 0.3 is 5.97 Å². The van der Waals surface area contributed by atoms with Crippen LogP contribution in [0.25, 0.3) is 11.1 Å². The molecule has 0 radical (unpaired) electrons. The van der Waals surface area contributed by atoms with E-state index in [9.17, 15) is 9.59 Å². The highest BCUT2D eigenvalue weighted by Gasteiger charge is 2.29. The van der Waals surface area contributed by atoms with Crippen molar-refractivity contribution in [2.45, 2.75) is 4.90 Å². The first-order valence-electron chi connectivity index (χ1n) is 9.25. The van der Waals surface area contributed by atoms with Gasteiger partial charge in [-0.05, 0) is 59.3 Å². The molecule has 3 aromatic rings. The molecule has 6 heteroatoms. The molecular formula is C24H16O5S. The summed E-state index contributed by atoms with van der Waals surface area (Å²) in [6, 6.07) is 18.3. The molecule has 0 amide bonds. The zero-order valence-corrected chi connectivity index (χ0v) is 17.0. The van der Waals surface area contributed by atoms with Crippen molar-refractivity contribution in [3.63, 3.8) is 0 Å². The molecule has 0 saturated carbocycles. The molecule has 2 aliphatic heterocycles. The average Bonchev–Trinajstić information content (AvgIpc) is 3.26. The standard InChI is InChI=1S/C24H16O5S/c1-27-15-7-3-13(4-8-15)21-17-12-20-18(11-19(17)29-23(21)25)22(24(26)30-20)14-5-9-16(28-2)10-6-14/h3-12H,1-2H3. The fraction of sp³-hybridized carbons (Fsp3) is 0.0833. The Balaban J connectivity index is 1.70. The molecule has 0 atom stereocenters. The lowest BCUT2D eigenvalue weighted by Crippen LogP contribution is -2.13. The third-order valence-electron chi connectivity index (χ3n) is 5.19. The predicted molar refractivity (Wildman–Crippen MR) is 113 cm³/mol. The first-order valence-corrected chi connectivity index (χ1v) is 10.1. The fourth-order valence-electron chi connectivity index (χ4n) is 3.70. The van der Waals surface area contributed by atoms with Crippen LogP contribution in [0.15, 0.2) is 65.6 Å². The topological polar surface area (TPSA) is 61.8 Å².